The predicted octanol–water partition coefficient (Wildman–Crippen LogP) is 3.75. The molecular formula is C22H40IN. The first-order valence-corrected chi connectivity index (χ1v) is 9.91. The Morgan fingerprint density at radius 1 is 0.708 bits per heavy atom. The summed E-state index contributed by atoms with van der Waals surface area (Å²) in [7, 11) is 6.98. The minimum Gasteiger partial charge on any atom is -1.00 e. The molecule has 0 aliphatic heterocycles. The van der Waals surface area contributed by atoms with Gasteiger partial charge < -0.3 is 28.5 Å². The summed E-state index contributed by atoms with van der Waals surface area (Å²) in [5.74, 6) is 0. The fourth-order valence-corrected chi connectivity index (χ4v) is 3.50. The van der Waals surface area contributed by atoms with Crippen LogP contribution in [-0.4, -0.2) is 25.6 Å². The van der Waals surface area contributed by atoms with E-state index in [1.165, 1.54) is 76.2 Å². The van der Waals surface area contributed by atoms with E-state index in [9.17, 15) is 0 Å². The Morgan fingerprint density at radius 3 is 1.62 bits per heavy atom. The lowest BCUT2D eigenvalue weighted by molar-refractivity contribution is -0.902. The fourth-order valence-electron chi connectivity index (χ4n) is 3.50. The quantitative estimate of drug-likeness (QED) is 0.247. The lowest BCUT2D eigenvalue weighted by Crippen LogP contribution is -3.00. The molecule has 0 heterocycles. The van der Waals surface area contributed by atoms with Crippen LogP contribution in [0.25, 0.3) is 0 Å². The van der Waals surface area contributed by atoms with Crippen LogP contribution in [0, 0.1) is 0 Å². The maximum absolute atomic E-state index is 2.33. The standard InChI is InChI=1S/C22H40N.HI/c1-5-6-7-8-9-10-11-12-13-17-20-22(23(2,3)4)21-18-15-14-16-19-21;/h14-16,18-19,22H,5-13,17,20H2,1-4H3;1H/q+1;/p-1. The van der Waals surface area contributed by atoms with Crippen molar-refractivity contribution in [1.82, 2.24) is 0 Å². The van der Waals surface area contributed by atoms with Gasteiger partial charge in [0.15, 0.2) is 0 Å². The highest BCUT2D eigenvalue weighted by Gasteiger charge is 2.24. The third kappa shape index (κ3) is 10.7. The van der Waals surface area contributed by atoms with Gasteiger partial charge in [-0.05, 0) is 6.42 Å². The lowest BCUT2D eigenvalue weighted by atomic mass is 9.97. The SMILES string of the molecule is CCCCCCCCCCCCC(c1ccccc1)[N+](C)(C)C.[I-]. The topological polar surface area (TPSA) is 0 Å². The van der Waals surface area contributed by atoms with Crippen molar-refractivity contribution in [2.75, 3.05) is 21.1 Å². The monoisotopic (exact) mass is 445 g/mol. The molecule has 0 saturated carbocycles. The summed E-state index contributed by atoms with van der Waals surface area (Å²) in [5.41, 5.74) is 1.50. The van der Waals surface area contributed by atoms with Gasteiger partial charge in [-0.25, -0.2) is 0 Å². The third-order valence-corrected chi connectivity index (χ3v) is 4.95. The molecule has 0 amide bonds. The van der Waals surface area contributed by atoms with Crippen LogP contribution in [0.5, 0.6) is 0 Å². The molecule has 0 saturated heterocycles. The van der Waals surface area contributed by atoms with Gasteiger partial charge >= 0.3 is 0 Å². The fraction of sp³-hybridized carbons (Fsp3) is 0.727. The van der Waals surface area contributed by atoms with Crippen LogP contribution in [-0.2, 0) is 0 Å². The first-order valence-electron chi connectivity index (χ1n) is 9.91. The number of unbranched alkanes of at least 4 members (excludes halogenated alkanes) is 9. The van der Waals surface area contributed by atoms with E-state index in [0.717, 1.165) is 4.48 Å². The molecule has 1 rings (SSSR count). The molecule has 0 aromatic heterocycles. The normalized spacial score (nSPS) is 12.7. The highest BCUT2D eigenvalue weighted by Crippen LogP contribution is 2.29. The molecule has 0 aliphatic rings. The molecule has 24 heavy (non-hydrogen) atoms. The molecule has 0 radical (unpaired) electrons. The highest BCUT2D eigenvalue weighted by molar-refractivity contribution is 5.17. The van der Waals surface area contributed by atoms with Gasteiger partial charge in [-0.2, -0.15) is 0 Å². The van der Waals surface area contributed by atoms with E-state index in [1.807, 2.05) is 0 Å². The molecule has 140 valence electrons. The number of benzene rings is 1. The van der Waals surface area contributed by atoms with Crippen LogP contribution < -0.4 is 24.0 Å². The second-order valence-electron chi connectivity index (χ2n) is 8.01. The largest absolute Gasteiger partial charge is 1.00 e. The summed E-state index contributed by atoms with van der Waals surface area (Å²) in [4.78, 5) is 0. The van der Waals surface area contributed by atoms with Crippen molar-refractivity contribution < 1.29 is 28.5 Å². The summed E-state index contributed by atoms with van der Waals surface area (Å²) >= 11 is 0. The van der Waals surface area contributed by atoms with Gasteiger partial charge in [-0.3, -0.25) is 0 Å². The molecule has 1 nitrogen and oxygen atoms in total. The van der Waals surface area contributed by atoms with Gasteiger partial charge in [0, 0.05) is 12.0 Å². The van der Waals surface area contributed by atoms with E-state index < -0.39 is 0 Å². The average molecular weight is 445 g/mol. The summed E-state index contributed by atoms with van der Waals surface area (Å²) in [6, 6.07) is 11.7. The smallest absolute Gasteiger partial charge is 0.114 e. The van der Waals surface area contributed by atoms with Crippen LogP contribution in [0.2, 0.25) is 0 Å². The van der Waals surface area contributed by atoms with Crippen molar-refractivity contribution in [1.29, 1.82) is 0 Å². The van der Waals surface area contributed by atoms with Gasteiger partial charge in [-0.15, -0.1) is 0 Å². The Kier molecular flexibility index (Phi) is 14.1. The third-order valence-electron chi connectivity index (χ3n) is 4.95. The molecule has 1 atom stereocenters. The Balaban J connectivity index is 0.00000529. The molecule has 0 spiro atoms. The summed E-state index contributed by atoms with van der Waals surface area (Å²) in [5, 5.41) is 0. The van der Waals surface area contributed by atoms with Gasteiger partial charge in [0.25, 0.3) is 0 Å². The zero-order valence-electron chi connectivity index (χ0n) is 16.6. The maximum atomic E-state index is 2.33. The second-order valence-corrected chi connectivity index (χ2v) is 8.01. The number of nitrogens with zero attached hydrogens (tertiary/aromatic N) is 1. The van der Waals surface area contributed by atoms with Crippen LogP contribution in [0.4, 0.5) is 0 Å². The van der Waals surface area contributed by atoms with Gasteiger partial charge in [0.05, 0.1) is 21.1 Å². The zero-order chi connectivity index (χ0) is 17.0. The van der Waals surface area contributed by atoms with Crippen LogP contribution >= 0.6 is 0 Å². The van der Waals surface area contributed by atoms with Crippen LogP contribution in [0.1, 0.15) is 89.2 Å². The van der Waals surface area contributed by atoms with Gasteiger partial charge in [0.1, 0.15) is 6.04 Å². The van der Waals surface area contributed by atoms with Gasteiger partial charge in [-0.1, -0.05) is 95.0 Å². The summed E-state index contributed by atoms with van der Waals surface area (Å²) < 4.78 is 1.03. The molecule has 1 aromatic carbocycles. The van der Waals surface area contributed by atoms with Crippen molar-refractivity contribution in [3.05, 3.63) is 35.9 Å². The molecule has 1 aromatic rings. The summed E-state index contributed by atoms with van der Waals surface area (Å²) in [6.07, 6.45) is 15.5. The average Bonchev–Trinajstić information content (AvgIpc) is 2.52. The molecular weight excluding hydrogens is 405 g/mol. The van der Waals surface area contributed by atoms with E-state index in [2.05, 4.69) is 58.4 Å². The minimum absolute atomic E-state index is 0. The Labute approximate surface area is 168 Å². The van der Waals surface area contributed by atoms with Crippen LogP contribution in [0.3, 0.4) is 0 Å². The Bertz CT molecular complexity index is 383. The number of halogens is 1. The van der Waals surface area contributed by atoms with E-state index in [4.69, 9.17) is 0 Å². The Hall–Kier alpha value is -0.0900. The van der Waals surface area contributed by atoms with Crippen LogP contribution in [0.15, 0.2) is 30.3 Å². The first-order chi connectivity index (χ1) is 11.1. The van der Waals surface area contributed by atoms with Crippen molar-refractivity contribution in [3.8, 4) is 0 Å². The molecule has 1 unspecified atom stereocenters. The molecule has 0 aliphatic carbocycles. The van der Waals surface area contributed by atoms with E-state index in [-0.39, 0.29) is 24.0 Å². The van der Waals surface area contributed by atoms with Crippen molar-refractivity contribution >= 4 is 0 Å². The predicted molar refractivity (Wildman–Crippen MR) is 104 cm³/mol. The Morgan fingerprint density at radius 2 is 1.17 bits per heavy atom. The lowest BCUT2D eigenvalue weighted by Gasteiger charge is -2.34. The second kappa shape index (κ2) is 14.1. The van der Waals surface area contributed by atoms with E-state index in [0.29, 0.717) is 6.04 Å². The number of rotatable bonds is 13. The number of quaternary nitrogens is 1. The molecule has 2 heteroatoms. The van der Waals surface area contributed by atoms with Crippen molar-refractivity contribution in [2.24, 2.45) is 0 Å². The first kappa shape index (κ1) is 23.9. The van der Waals surface area contributed by atoms with E-state index >= 15 is 0 Å². The summed E-state index contributed by atoms with van der Waals surface area (Å²) in [6.45, 7) is 2.29. The maximum Gasteiger partial charge on any atom is 0.114 e. The molecule has 0 fully saturated rings. The molecule has 0 bridgehead atoms. The van der Waals surface area contributed by atoms with Crippen molar-refractivity contribution in [3.63, 3.8) is 0 Å². The number of hydrogen-bond donors (Lipinski definition) is 0. The van der Waals surface area contributed by atoms with E-state index in [1.54, 1.807) is 0 Å². The highest BCUT2D eigenvalue weighted by atomic mass is 127. The minimum atomic E-state index is 0. The number of hydrogen-bond acceptors (Lipinski definition) is 0. The van der Waals surface area contributed by atoms with Gasteiger partial charge in [0.2, 0.25) is 0 Å². The molecule has 0 N–H and O–H groups in total. The zero-order valence-corrected chi connectivity index (χ0v) is 18.7. The van der Waals surface area contributed by atoms with Crippen molar-refractivity contribution in [2.45, 2.75) is 83.6 Å².